The average Bonchev–Trinajstić information content (AvgIpc) is 1.48. The van der Waals surface area contributed by atoms with Gasteiger partial charge in [0, 0.05) is 0 Å². The maximum atomic E-state index is 2.48. The molecule has 0 unspecified atom stereocenters. The summed E-state index contributed by atoms with van der Waals surface area (Å²) in [6, 6.07) is 99.1. The molecule has 0 aliphatic heterocycles. The molecule has 0 heteroatoms. The summed E-state index contributed by atoms with van der Waals surface area (Å²) in [4.78, 5) is 0. The third kappa shape index (κ3) is 12.6. The molecule has 0 bridgehead atoms. The van der Waals surface area contributed by atoms with Crippen LogP contribution in [0.2, 0.25) is 0 Å². The summed E-state index contributed by atoms with van der Waals surface area (Å²) in [7, 11) is 0. The van der Waals surface area contributed by atoms with Crippen molar-refractivity contribution in [1.29, 1.82) is 0 Å². The summed E-state index contributed by atoms with van der Waals surface area (Å²) in [6.07, 6.45) is 9.72. The second-order valence-electron chi connectivity index (χ2n) is 21.6. The third-order valence-electron chi connectivity index (χ3n) is 18.1. The van der Waals surface area contributed by atoms with E-state index in [4.69, 9.17) is 0 Å². The highest BCUT2D eigenvalue weighted by atomic mass is 14.5. The molecule has 0 saturated carbocycles. The van der Waals surface area contributed by atoms with E-state index in [0.29, 0.717) is 0 Å². The van der Waals surface area contributed by atoms with Gasteiger partial charge in [-0.25, -0.2) is 0 Å². The van der Waals surface area contributed by atoms with Crippen molar-refractivity contribution in [3.05, 3.63) is 324 Å². The van der Waals surface area contributed by atoms with Crippen molar-refractivity contribution in [2.24, 2.45) is 0 Å². The molecule has 4 aliphatic carbocycles. The van der Waals surface area contributed by atoms with Crippen LogP contribution in [-0.4, -0.2) is 0 Å². The zero-order chi connectivity index (χ0) is 71.1. The molecule has 14 aromatic rings. The Morgan fingerprint density at radius 3 is 0.755 bits per heavy atom. The fourth-order valence-corrected chi connectivity index (χ4v) is 15.1. The van der Waals surface area contributed by atoms with Crippen molar-refractivity contribution in [3.63, 3.8) is 0 Å². The fourth-order valence-electron chi connectivity index (χ4n) is 15.1. The minimum atomic E-state index is -0.410. The summed E-state index contributed by atoms with van der Waals surface area (Å²) in [5.74, 6) is 0. The number of allylic oxidation sites excluding steroid dienone is 2. The first-order valence-electron chi connectivity index (χ1n) is 37.4. The highest BCUT2D eigenvalue weighted by Gasteiger charge is 2.46. The van der Waals surface area contributed by atoms with Gasteiger partial charge in [0.15, 0.2) is 0 Å². The smallest absolute Gasteiger partial charge is 0.0659 e. The molecule has 18 rings (SSSR count). The van der Waals surface area contributed by atoms with E-state index in [0.717, 1.165) is 0 Å². The third-order valence-corrected chi connectivity index (χ3v) is 18.1. The van der Waals surface area contributed by atoms with E-state index in [9.17, 15) is 0 Å². The van der Waals surface area contributed by atoms with Crippen LogP contribution in [-0.2, 0) is 10.8 Å². The zero-order valence-electron chi connectivity index (χ0n) is 62.7. The summed E-state index contributed by atoms with van der Waals surface area (Å²) in [5, 5.41) is 15.9. The van der Waals surface area contributed by atoms with Gasteiger partial charge in [0.2, 0.25) is 0 Å². The van der Waals surface area contributed by atoms with E-state index in [1.54, 1.807) is 0 Å². The van der Waals surface area contributed by atoms with Gasteiger partial charge < -0.3 is 0 Å². The number of hydrogen-bond donors (Lipinski definition) is 0. The second kappa shape index (κ2) is 35.9. The Kier molecular flexibility index (Phi) is 27.7. The molecule has 0 fully saturated rings. The minimum absolute atomic E-state index is 0.373. The van der Waals surface area contributed by atoms with Crippen LogP contribution in [0.4, 0.5) is 0 Å². The molecule has 0 nitrogen and oxygen atoms in total. The molecule has 0 atom stereocenters. The van der Waals surface area contributed by atoms with Crippen LogP contribution < -0.4 is 0 Å². The molecule has 14 aromatic carbocycles. The Labute approximate surface area is 590 Å². The zero-order valence-corrected chi connectivity index (χ0v) is 62.7. The maximum absolute atomic E-state index is 2.48. The van der Waals surface area contributed by atoms with Gasteiger partial charge in [-0.05, 0) is 154 Å². The molecule has 500 valence electrons. The molecule has 98 heavy (non-hydrogen) atoms. The molecule has 4 aliphatic rings. The van der Waals surface area contributed by atoms with Crippen molar-refractivity contribution in [2.45, 2.75) is 149 Å². The van der Waals surface area contributed by atoms with Gasteiger partial charge in [0.25, 0.3) is 0 Å². The lowest BCUT2D eigenvalue weighted by molar-refractivity contribution is 0.803. The number of hydrogen-bond acceptors (Lipinski definition) is 0. The molecular weight excluding hydrogens is 1180 g/mol. The quantitative estimate of drug-likeness (QED) is 0.133. The summed E-state index contributed by atoms with van der Waals surface area (Å²) in [5.41, 5.74) is 20.5. The number of fused-ring (bicyclic) bond motifs is 32. The molecule has 0 N–H and O–H groups in total. The van der Waals surface area contributed by atoms with Crippen LogP contribution in [0.25, 0.3) is 121 Å². The van der Waals surface area contributed by atoms with Crippen molar-refractivity contribution in [1.82, 2.24) is 0 Å². The van der Waals surface area contributed by atoms with Gasteiger partial charge in [-0.3, -0.25) is 0 Å². The topological polar surface area (TPSA) is 0 Å². The van der Waals surface area contributed by atoms with Crippen LogP contribution >= 0.6 is 0 Å². The number of rotatable bonds is 0. The largest absolute Gasteiger partial charge is 0.0683 e. The van der Waals surface area contributed by atoms with E-state index in [-0.39, 0.29) is 5.41 Å². The Hall–Kier alpha value is -9.88. The highest BCUT2D eigenvalue weighted by molar-refractivity contribution is 6.29. The Bertz CT molecular complexity index is 4780. The Morgan fingerprint density at radius 1 is 0.173 bits per heavy atom. The van der Waals surface area contributed by atoms with Gasteiger partial charge in [-0.15, -0.1) is 0 Å². The lowest BCUT2D eigenvalue weighted by atomic mass is 9.67. The average molecular weight is 1290 g/mol. The van der Waals surface area contributed by atoms with E-state index in [1.807, 2.05) is 138 Å². The van der Waals surface area contributed by atoms with Gasteiger partial charge in [-0.1, -0.05) is 430 Å². The molecule has 0 radical (unpaired) electrons. The van der Waals surface area contributed by atoms with Crippen molar-refractivity contribution in [3.8, 4) is 44.5 Å². The van der Waals surface area contributed by atoms with Crippen molar-refractivity contribution < 1.29 is 0 Å². The van der Waals surface area contributed by atoms with Gasteiger partial charge in [0.05, 0.1) is 10.8 Å². The Balaban J connectivity index is 0.000000221. The highest BCUT2D eigenvalue weighted by Crippen LogP contribution is 2.60. The predicted molar refractivity (Wildman–Crippen MR) is 444 cm³/mol. The van der Waals surface area contributed by atoms with Crippen molar-refractivity contribution in [2.75, 3.05) is 0 Å². The first-order valence-corrected chi connectivity index (χ1v) is 37.4. The summed E-state index contributed by atoms with van der Waals surface area (Å²) >= 11 is 0. The van der Waals surface area contributed by atoms with E-state index < -0.39 is 5.41 Å². The second-order valence-corrected chi connectivity index (χ2v) is 21.6. The van der Waals surface area contributed by atoms with E-state index in [2.05, 4.69) is 291 Å². The predicted octanol–water partition coefficient (Wildman–Crippen LogP) is 30.6. The van der Waals surface area contributed by atoms with Crippen LogP contribution in [0.1, 0.15) is 183 Å². The van der Waals surface area contributed by atoms with E-state index in [1.165, 1.54) is 154 Å². The van der Waals surface area contributed by atoms with Crippen molar-refractivity contribution >= 4 is 76.8 Å². The van der Waals surface area contributed by atoms with Crippen LogP contribution in [0.5, 0.6) is 0 Å². The Morgan fingerprint density at radius 2 is 0.408 bits per heavy atom. The standard InChI is InChI=1S/2C39H24.10C2H6/c1-4-15-30-26(11-1)29-14-5-6-18-33(29)37-34(30)22-21-25-23-24-39(38(25)37)35-19-9-7-16-31(35)27-12-2-3-13-28(27)32-17-8-10-20-36(32)39;1-4-15-29-25(11-1)28-14-5-6-18-32(28)38-33(29)21-22-37-34(38)23-24-39(37)35-19-9-7-16-30(35)26-12-2-3-13-27(26)31-17-8-10-20-36(31)39;10*1-2/h2*1-24H;10*1-2H3. The fraction of sp³-hybridized carbons (Fsp3) is 0.224. The van der Waals surface area contributed by atoms with Gasteiger partial charge in [-0.2, -0.15) is 0 Å². The molecular formula is C98H108. The van der Waals surface area contributed by atoms with Crippen LogP contribution in [0, 0.1) is 0 Å². The van der Waals surface area contributed by atoms with E-state index >= 15 is 0 Å². The lowest BCUT2D eigenvalue weighted by Crippen LogP contribution is -2.26. The first kappa shape index (κ1) is 75.5. The number of benzene rings is 14. The SMILES string of the molecule is C1=CC2(c3ccccc3-c3ccccc3-c3ccccc32)c2c1ccc1c3ccccc3c3ccccc3c21.C1=CC2(c3ccccc3-c3ccccc3-c3ccccc32)c2ccc3c4ccccc4c4ccccc4c3c21.CC.CC.CC.CC.CC.CC.CC.CC.CC.CC. The normalized spacial score (nSPS) is 12.0. The van der Waals surface area contributed by atoms with Gasteiger partial charge in [0.1, 0.15) is 0 Å². The minimum Gasteiger partial charge on any atom is -0.0683 e. The molecule has 0 amide bonds. The lowest BCUT2D eigenvalue weighted by Gasteiger charge is -2.34. The summed E-state index contributed by atoms with van der Waals surface area (Å²) in [6.45, 7) is 40.0. The van der Waals surface area contributed by atoms with Crippen LogP contribution in [0.15, 0.2) is 279 Å². The molecule has 0 saturated heterocycles. The monoisotopic (exact) mass is 1280 g/mol. The van der Waals surface area contributed by atoms with Crippen LogP contribution in [0.3, 0.4) is 0 Å². The summed E-state index contributed by atoms with van der Waals surface area (Å²) < 4.78 is 0. The first-order chi connectivity index (χ1) is 48.7. The van der Waals surface area contributed by atoms with Gasteiger partial charge >= 0.3 is 0 Å². The molecule has 0 aromatic heterocycles. The molecule has 0 heterocycles. The molecule has 2 spiro atoms. The maximum Gasteiger partial charge on any atom is 0.0659 e.